The second kappa shape index (κ2) is 7.66. The molecule has 1 aromatic heterocycles. The smallest absolute Gasteiger partial charge is 0.0780 e. The van der Waals surface area contributed by atoms with Gasteiger partial charge < -0.3 is 0 Å². The predicted molar refractivity (Wildman–Crippen MR) is 142 cm³/mol. The van der Waals surface area contributed by atoms with Crippen LogP contribution in [0.15, 0.2) is 53.6 Å². The van der Waals surface area contributed by atoms with Crippen LogP contribution in [0.1, 0.15) is 73.4 Å². The average molecular weight is 436 g/mol. The van der Waals surface area contributed by atoms with E-state index in [4.69, 9.17) is 4.98 Å². The number of nitrogens with zero attached hydrogens (tertiary/aromatic N) is 1. The van der Waals surface area contributed by atoms with Gasteiger partial charge in [-0.3, -0.25) is 4.98 Å². The number of benzene rings is 2. The molecule has 0 unspecified atom stereocenters. The molecule has 0 saturated carbocycles. The normalized spacial score (nSPS) is 14.2. The Bertz CT molecular complexity index is 1070. The van der Waals surface area contributed by atoms with Crippen LogP contribution in [0.3, 0.4) is 0 Å². The zero-order valence-electron chi connectivity index (χ0n) is 21.5. The zero-order chi connectivity index (χ0) is 23.4. The Morgan fingerprint density at radius 1 is 0.677 bits per heavy atom. The number of fused-ring (bicyclic) bond motifs is 1. The lowest BCUT2D eigenvalue weighted by molar-refractivity contribution is 0.569. The summed E-state index contributed by atoms with van der Waals surface area (Å²) < 4.78 is 0.263. The van der Waals surface area contributed by atoms with Gasteiger partial charge in [0.1, 0.15) is 0 Å². The van der Waals surface area contributed by atoms with Gasteiger partial charge in [-0.1, -0.05) is 74.4 Å². The maximum absolute atomic E-state index is 4.87. The van der Waals surface area contributed by atoms with E-state index in [0.29, 0.717) is 0 Å². The van der Waals surface area contributed by atoms with Crippen molar-refractivity contribution in [1.29, 1.82) is 0 Å². The fourth-order valence-electron chi connectivity index (χ4n) is 3.69. The summed E-state index contributed by atoms with van der Waals surface area (Å²) >= 11 is 0. The molecule has 0 atom stereocenters. The van der Waals surface area contributed by atoms with Crippen LogP contribution in [-0.4, -0.2) is 22.2 Å². The maximum Gasteiger partial charge on any atom is 0.0780 e. The molecule has 0 radical (unpaired) electrons. The van der Waals surface area contributed by atoms with E-state index in [0.717, 1.165) is 5.69 Å². The van der Waals surface area contributed by atoms with Crippen molar-refractivity contribution < 1.29 is 0 Å². The van der Waals surface area contributed by atoms with E-state index < -0.39 is 10.0 Å². The van der Waals surface area contributed by atoms with Gasteiger partial charge in [-0.25, -0.2) is 10.0 Å². The summed E-state index contributed by atoms with van der Waals surface area (Å²) in [4.78, 5) is 6.33. The summed E-state index contributed by atoms with van der Waals surface area (Å²) in [6.07, 6.45) is 6.83. The van der Waals surface area contributed by atoms with E-state index in [2.05, 4.69) is 117 Å². The van der Waals surface area contributed by atoms with Crippen LogP contribution in [0.2, 0.25) is 0 Å². The summed E-state index contributed by atoms with van der Waals surface area (Å²) in [5, 5.41) is 2.52. The molecular formula is C29H41NS. The quantitative estimate of drug-likeness (QED) is 0.392. The highest BCUT2D eigenvalue weighted by Gasteiger charge is 2.30. The van der Waals surface area contributed by atoms with Crippen molar-refractivity contribution in [3.05, 3.63) is 59.8 Å². The van der Waals surface area contributed by atoms with E-state index in [1.54, 1.807) is 0 Å². The molecule has 3 aromatic rings. The van der Waals surface area contributed by atoms with Crippen LogP contribution >= 0.6 is 10.0 Å². The van der Waals surface area contributed by atoms with Crippen molar-refractivity contribution in [1.82, 2.24) is 4.98 Å². The van der Waals surface area contributed by atoms with E-state index in [1.807, 2.05) is 6.20 Å². The van der Waals surface area contributed by atoms with Crippen LogP contribution in [0.4, 0.5) is 0 Å². The molecule has 0 fully saturated rings. The van der Waals surface area contributed by atoms with Crippen LogP contribution in [-0.2, 0) is 10.8 Å². The average Bonchev–Trinajstić information content (AvgIpc) is 2.64. The first-order valence-corrected chi connectivity index (χ1v) is 13.7. The molecule has 0 spiro atoms. The standard InChI is InChI=1S/C29H41NS/c1-27(2,3)22-16-21(17-23(19-22)28(4,5)6)26-25-13-12-24(18-20(25)14-15-30-26)31(10,11)29(7,8)9/h12-19H,1-11H3. The van der Waals surface area contributed by atoms with Crippen LogP contribution in [0.25, 0.3) is 22.0 Å². The summed E-state index contributed by atoms with van der Waals surface area (Å²) in [5.41, 5.74) is 5.22. The Hall–Kier alpha value is -1.80. The van der Waals surface area contributed by atoms with Gasteiger partial charge in [-0.05, 0) is 79.8 Å². The molecule has 0 aliphatic heterocycles. The second-order valence-electron chi connectivity index (χ2n) is 12.3. The maximum atomic E-state index is 4.87. The minimum Gasteiger partial charge on any atom is -0.256 e. The first-order valence-electron chi connectivity index (χ1n) is 11.3. The van der Waals surface area contributed by atoms with E-state index in [9.17, 15) is 0 Å². The molecule has 0 N–H and O–H groups in total. The second-order valence-corrected chi connectivity index (χ2v) is 16.6. The molecule has 0 aliphatic rings. The molecule has 0 amide bonds. The lowest BCUT2D eigenvalue weighted by Gasteiger charge is -2.45. The van der Waals surface area contributed by atoms with E-state index in [1.165, 1.54) is 32.4 Å². The third-order valence-electron chi connectivity index (χ3n) is 6.79. The molecule has 31 heavy (non-hydrogen) atoms. The van der Waals surface area contributed by atoms with Gasteiger partial charge >= 0.3 is 0 Å². The summed E-state index contributed by atoms with van der Waals surface area (Å²) in [6, 6.07) is 16.3. The van der Waals surface area contributed by atoms with Gasteiger partial charge in [0.2, 0.25) is 0 Å². The fraction of sp³-hybridized carbons (Fsp3) is 0.483. The third-order valence-corrected chi connectivity index (χ3v) is 11.3. The molecular weight excluding hydrogens is 394 g/mol. The molecule has 1 heterocycles. The van der Waals surface area contributed by atoms with Crippen molar-refractivity contribution in [3.8, 4) is 11.3 Å². The highest BCUT2D eigenvalue weighted by atomic mass is 32.3. The van der Waals surface area contributed by atoms with Crippen LogP contribution in [0, 0.1) is 0 Å². The van der Waals surface area contributed by atoms with Gasteiger partial charge in [0.15, 0.2) is 0 Å². The molecule has 0 saturated heterocycles. The Morgan fingerprint density at radius 3 is 1.71 bits per heavy atom. The minimum absolute atomic E-state index is 0.0911. The molecule has 2 heteroatoms. The van der Waals surface area contributed by atoms with Crippen LogP contribution < -0.4 is 0 Å². The van der Waals surface area contributed by atoms with Crippen molar-refractivity contribution >= 4 is 20.8 Å². The highest BCUT2D eigenvalue weighted by Crippen LogP contribution is 2.59. The predicted octanol–water partition coefficient (Wildman–Crippen LogP) is 8.72. The Kier molecular flexibility index (Phi) is 5.89. The van der Waals surface area contributed by atoms with Gasteiger partial charge in [0.25, 0.3) is 0 Å². The van der Waals surface area contributed by atoms with Gasteiger partial charge in [0.05, 0.1) is 5.69 Å². The molecule has 168 valence electrons. The minimum atomic E-state index is -0.918. The Morgan fingerprint density at radius 2 is 1.23 bits per heavy atom. The van der Waals surface area contributed by atoms with Crippen molar-refractivity contribution in [2.45, 2.75) is 82.8 Å². The van der Waals surface area contributed by atoms with Crippen molar-refractivity contribution in [2.24, 2.45) is 0 Å². The van der Waals surface area contributed by atoms with Gasteiger partial charge in [-0.2, -0.15) is 0 Å². The monoisotopic (exact) mass is 435 g/mol. The van der Waals surface area contributed by atoms with E-state index in [-0.39, 0.29) is 15.6 Å². The molecule has 1 nitrogen and oxygen atoms in total. The Balaban J connectivity index is 2.25. The molecule has 2 aromatic carbocycles. The number of pyridine rings is 1. The number of rotatable bonds is 2. The number of hydrogen-bond donors (Lipinski definition) is 0. The summed E-state index contributed by atoms with van der Waals surface area (Å²) in [6.45, 7) is 20.8. The van der Waals surface area contributed by atoms with E-state index >= 15 is 0 Å². The fourth-order valence-corrected chi connectivity index (χ4v) is 5.22. The van der Waals surface area contributed by atoms with Gasteiger partial charge in [0, 0.05) is 17.1 Å². The summed E-state index contributed by atoms with van der Waals surface area (Å²) in [5.74, 6) is 0. The van der Waals surface area contributed by atoms with Gasteiger partial charge in [-0.15, -0.1) is 0 Å². The number of aromatic nitrogens is 1. The first-order chi connectivity index (χ1) is 14.0. The molecule has 0 bridgehead atoms. The SMILES string of the molecule is CC(C)(C)c1cc(-c2nccc3cc(S(C)(C)C(C)(C)C)ccc23)cc(C(C)(C)C)c1. The van der Waals surface area contributed by atoms with Crippen molar-refractivity contribution in [2.75, 3.05) is 12.5 Å². The topological polar surface area (TPSA) is 12.9 Å². The Labute approximate surface area is 192 Å². The van der Waals surface area contributed by atoms with Crippen molar-refractivity contribution in [3.63, 3.8) is 0 Å². The largest absolute Gasteiger partial charge is 0.256 e. The zero-order valence-corrected chi connectivity index (χ0v) is 22.3. The highest BCUT2D eigenvalue weighted by molar-refractivity contribution is 8.33. The lowest BCUT2D eigenvalue weighted by atomic mass is 9.79. The first kappa shape index (κ1) is 23.9. The number of hydrogen-bond acceptors (Lipinski definition) is 1. The summed E-state index contributed by atoms with van der Waals surface area (Å²) in [7, 11) is -0.918. The lowest BCUT2D eigenvalue weighted by Crippen LogP contribution is -2.23. The molecule has 3 rings (SSSR count). The third kappa shape index (κ3) is 4.70. The molecule has 0 aliphatic carbocycles. The van der Waals surface area contributed by atoms with Crippen LogP contribution in [0.5, 0.6) is 0 Å².